The average molecular weight is 368 g/mol. The molecule has 1 aromatic heterocycles. The van der Waals surface area contributed by atoms with Crippen molar-refractivity contribution in [1.82, 2.24) is 10.3 Å². The van der Waals surface area contributed by atoms with Crippen LogP contribution in [0.2, 0.25) is 0 Å². The maximum Gasteiger partial charge on any atom is 0.270 e. The van der Waals surface area contributed by atoms with Crippen LogP contribution in [0.3, 0.4) is 0 Å². The van der Waals surface area contributed by atoms with Crippen molar-refractivity contribution in [2.75, 3.05) is 23.3 Å². The second-order valence-corrected chi connectivity index (χ2v) is 7.31. The highest BCUT2D eigenvalue weighted by Crippen LogP contribution is 2.18. The van der Waals surface area contributed by atoms with Gasteiger partial charge in [-0.25, -0.2) is 0 Å². The molecule has 0 spiro atoms. The zero-order valence-corrected chi connectivity index (χ0v) is 16.7. The van der Waals surface area contributed by atoms with Gasteiger partial charge in [-0.05, 0) is 71.0 Å². The minimum Gasteiger partial charge on any atom is -0.372 e. The smallest absolute Gasteiger partial charge is 0.270 e. The third-order valence-corrected chi connectivity index (χ3v) is 4.00. The predicted octanol–water partition coefficient (Wildman–Crippen LogP) is 3.71. The third kappa shape index (κ3) is 5.81. The highest BCUT2D eigenvalue weighted by molar-refractivity contribution is 6.05. The van der Waals surface area contributed by atoms with Gasteiger partial charge in [-0.3, -0.25) is 14.6 Å². The van der Waals surface area contributed by atoms with Gasteiger partial charge in [-0.15, -0.1) is 0 Å². The van der Waals surface area contributed by atoms with Gasteiger partial charge in [0.2, 0.25) is 0 Å². The number of hydrogen-bond donors (Lipinski definition) is 2. The Morgan fingerprint density at radius 3 is 2.19 bits per heavy atom. The minimum absolute atomic E-state index is 0.217. The molecule has 27 heavy (non-hydrogen) atoms. The molecule has 0 radical (unpaired) electrons. The third-order valence-electron chi connectivity index (χ3n) is 4.00. The fourth-order valence-corrected chi connectivity index (χ4v) is 2.65. The maximum absolute atomic E-state index is 12.5. The fourth-order valence-electron chi connectivity index (χ4n) is 2.65. The van der Waals surface area contributed by atoms with Crippen LogP contribution in [0, 0.1) is 0 Å². The Morgan fingerprint density at radius 1 is 1.00 bits per heavy atom. The van der Waals surface area contributed by atoms with Crippen molar-refractivity contribution in [3.8, 4) is 0 Å². The second-order valence-electron chi connectivity index (χ2n) is 7.31. The van der Waals surface area contributed by atoms with Gasteiger partial charge in [0.15, 0.2) is 0 Å². The van der Waals surface area contributed by atoms with E-state index in [-0.39, 0.29) is 23.0 Å². The van der Waals surface area contributed by atoms with Crippen LogP contribution < -0.4 is 15.5 Å². The van der Waals surface area contributed by atoms with Gasteiger partial charge in [0.05, 0.1) is 0 Å². The molecule has 0 saturated carbocycles. The molecule has 0 aliphatic rings. The van der Waals surface area contributed by atoms with Crippen molar-refractivity contribution in [3.63, 3.8) is 0 Å². The van der Waals surface area contributed by atoms with Crippen LogP contribution >= 0.6 is 0 Å². The highest BCUT2D eigenvalue weighted by atomic mass is 16.2. The van der Waals surface area contributed by atoms with E-state index in [0.717, 1.165) is 18.8 Å². The molecule has 6 nitrogen and oxygen atoms in total. The first-order valence-corrected chi connectivity index (χ1v) is 9.18. The summed E-state index contributed by atoms with van der Waals surface area (Å²) in [6.07, 6.45) is 1.47. The lowest BCUT2D eigenvalue weighted by Gasteiger charge is -2.21. The summed E-state index contributed by atoms with van der Waals surface area (Å²) in [6.45, 7) is 11.7. The van der Waals surface area contributed by atoms with Crippen LogP contribution in [-0.2, 0) is 0 Å². The number of pyridine rings is 1. The Morgan fingerprint density at radius 2 is 1.63 bits per heavy atom. The molecule has 0 atom stereocenters. The largest absolute Gasteiger partial charge is 0.372 e. The average Bonchev–Trinajstić information content (AvgIpc) is 2.63. The molecule has 0 bridgehead atoms. The van der Waals surface area contributed by atoms with E-state index in [9.17, 15) is 9.59 Å². The first-order valence-electron chi connectivity index (χ1n) is 9.18. The molecule has 0 saturated heterocycles. The van der Waals surface area contributed by atoms with Gasteiger partial charge in [0.1, 0.15) is 5.69 Å². The lowest BCUT2D eigenvalue weighted by Crippen LogP contribution is -2.41. The summed E-state index contributed by atoms with van der Waals surface area (Å²) < 4.78 is 0. The molecule has 6 heteroatoms. The molecule has 2 amide bonds. The van der Waals surface area contributed by atoms with Gasteiger partial charge in [-0.1, -0.05) is 0 Å². The fraction of sp³-hybridized carbons (Fsp3) is 0.381. The number of nitrogens with one attached hydrogen (secondary N) is 2. The van der Waals surface area contributed by atoms with Gasteiger partial charge < -0.3 is 15.5 Å². The van der Waals surface area contributed by atoms with Crippen LogP contribution in [0.4, 0.5) is 11.4 Å². The highest BCUT2D eigenvalue weighted by Gasteiger charge is 2.17. The lowest BCUT2D eigenvalue weighted by atomic mass is 10.1. The number of amides is 2. The molecule has 144 valence electrons. The van der Waals surface area contributed by atoms with E-state index < -0.39 is 0 Å². The Kier molecular flexibility index (Phi) is 6.55. The van der Waals surface area contributed by atoms with E-state index in [2.05, 4.69) is 34.4 Å². The van der Waals surface area contributed by atoms with E-state index in [1.54, 1.807) is 6.07 Å². The topological polar surface area (TPSA) is 74.3 Å². The summed E-state index contributed by atoms with van der Waals surface area (Å²) in [4.78, 5) is 31.1. The number of carbonyl (C=O) groups excluding carboxylic acids is 2. The lowest BCUT2D eigenvalue weighted by molar-refractivity contribution is 0.0914. The molecular formula is C21H28N4O2. The van der Waals surface area contributed by atoms with Crippen molar-refractivity contribution in [1.29, 1.82) is 0 Å². The summed E-state index contributed by atoms with van der Waals surface area (Å²) in [5.41, 5.74) is 2.05. The molecule has 2 aromatic rings. The van der Waals surface area contributed by atoms with Crippen LogP contribution in [-0.4, -0.2) is 35.4 Å². The Labute approximate surface area is 161 Å². The number of benzene rings is 1. The Balaban J connectivity index is 2.10. The standard InChI is InChI=1S/C21H28N4O2/c1-6-25(7-2)17-10-8-16(9-11-17)23-19(26)15-12-13-22-18(14-15)20(27)24-21(3,4)5/h8-14H,6-7H2,1-5H3,(H,23,26)(H,24,27). The Hall–Kier alpha value is -2.89. The van der Waals surface area contributed by atoms with Crippen LogP contribution in [0.15, 0.2) is 42.6 Å². The number of carbonyl (C=O) groups is 2. The number of nitrogens with zero attached hydrogens (tertiary/aromatic N) is 2. The molecule has 0 unspecified atom stereocenters. The maximum atomic E-state index is 12.5. The Bertz CT molecular complexity index is 791. The molecular weight excluding hydrogens is 340 g/mol. The SMILES string of the molecule is CCN(CC)c1ccc(NC(=O)c2ccnc(C(=O)NC(C)(C)C)c2)cc1. The van der Waals surface area contributed by atoms with Gasteiger partial charge in [-0.2, -0.15) is 0 Å². The molecule has 2 rings (SSSR count). The van der Waals surface area contributed by atoms with Gasteiger partial charge in [0.25, 0.3) is 11.8 Å². The molecule has 0 fully saturated rings. The van der Waals surface area contributed by atoms with Crippen molar-refractivity contribution in [2.24, 2.45) is 0 Å². The van der Waals surface area contributed by atoms with Crippen molar-refractivity contribution in [3.05, 3.63) is 53.9 Å². The zero-order valence-electron chi connectivity index (χ0n) is 16.7. The van der Waals surface area contributed by atoms with E-state index >= 15 is 0 Å². The normalized spacial score (nSPS) is 11.0. The van der Waals surface area contributed by atoms with Gasteiger partial charge >= 0.3 is 0 Å². The van der Waals surface area contributed by atoms with Crippen LogP contribution in [0.5, 0.6) is 0 Å². The second kappa shape index (κ2) is 8.66. The zero-order chi connectivity index (χ0) is 20.0. The molecule has 2 N–H and O–H groups in total. The summed E-state index contributed by atoms with van der Waals surface area (Å²) in [5, 5.41) is 5.70. The number of rotatable bonds is 6. The minimum atomic E-state index is -0.371. The number of aromatic nitrogens is 1. The van der Waals surface area contributed by atoms with E-state index in [4.69, 9.17) is 0 Å². The quantitative estimate of drug-likeness (QED) is 0.815. The molecule has 0 aliphatic heterocycles. The molecule has 1 aromatic carbocycles. The molecule has 1 heterocycles. The summed E-state index contributed by atoms with van der Waals surface area (Å²) >= 11 is 0. The first kappa shape index (κ1) is 20.4. The van der Waals surface area contributed by atoms with Crippen molar-refractivity contribution < 1.29 is 9.59 Å². The first-order chi connectivity index (χ1) is 12.7. The van der Waals surface area contributed by atoms with E-state index in [0.29, 0.717) is 11.3 Å². The number of hydrogen-bond acceptors (Lipinski definition) is 4. The summed E-state index contributed by atoms with van der Waals surface area (Å²) in [7, 11) is 0. The van der Waals surface area contributed by atoms with E-state index in [1.807, 2.05) is 45.0 Å². The monoisotopic (exact) mass is 368 g/mol. The summed E-state index contributed by atoms with van der Waals surface area (Å²) in [5.74, 6) is -0.585. The van der Waals surface area contributed by atoms with E-state index in [1.165, 1.54) is 12.3 Å². The predicted molar refractivity (Wildman–Crippen MR) is 109 cm³/mol. The van der Waals surface area contributed by atoms with Crippen LogP contribution in [0.25, 0.3) is 0 Å². The van der Waals surface area contributed by atoms with Crippen molar-refractivity contribution in [2.45, 2.75) is 40.2 Å². The van der Waals surface area contributed by atoms with Crippen molar-refractivity contribution >= 4 is 23.2 Å². The van der Waals surface area contributed by atoms with Gasteiger partial charge in [0, 0.05) is 41.8 Å². The molecule has 0 aliphatic carbocycles. The van der Waals surface area contributed by atoms with Crippen LogP contribution in [0.1, 0.15) is 55.5 Å². The number of anilines is 2. The summed E-state index contributed by atoms with van der Waals surface area (Å²) in [6, 6.07) is 10.8.